The lowest BCUT2D eigenvalue weighted by Crippen LogP contribution is -2.35. The van der Waals surface area contributed by atoms with Crippen molar-refractivity contribution in [2.45, 2.75) is 32.6 Å². The van der Waals surface area contributed by atoms with E-state index in [-0.39, 0.29) is 17.4 Å². The van der Waals surface area contributed by atoms with Crippen LogP contribution in [0.15, 0.2) is 0 Å². The number of likely N-dealkylation sites (tertiary alicyclic amines) is 1. The van der Waals surface area contributed by atoms with Crippen molar-refractivity contribution in [2.24, 2.45) is 0 Å². The van der Waals surface area contributed by atoms with Crippen molar-refractivity contribution >= 4 is 15.7 Å². The minimum Gasteiger partial charge on any atom is -0.342 e. The highest BCUT2D eigenvalue weighted by atomic mass is 32.2. The van der Waals surface area contributed by atoms with Gasteiger partial charge in [-0.15, -0.1) is 0 Å². The average Bonchev–Trinajstić information content (AvgIpc) is 2.81. The van der Waals surface area contributed by atoms with Gasteiger partial charge in [0.05, 0.1) is 5.75 Å². The van der Waals surface area contributed by atoms with Crippen molar-refractivity contribution < 1.29 is 13.2 Å². The first kappa shape index (κ1) is 15.4. The molecule has 0 atom stereocenters. The van der Waals surface area contributed by atoms with E-state index in [9.17, 15) is 13.2 Å². The molecule has 1 aliphatic heterocycles. The molecule has 18 heavy (non-hydrogen) atoms. The Hall–Kier alpha value is -0.620. The van der Waals surface area contributed by atoms with E-state index in [2.05, 4.69) is 12.2 Å². The van der Waals surface area contributed by atoms with Crippen LogP contribution < -0.4 is 5.32 Å². The lowest BCUT2D eigenvalue weighted by Gasteiger charge is -2.15. The van der Waals surface area contributed by atoms with Crippen LogP contribution in [0, 0.1) is 0 Å². The quantitative estimate of drug-likeness (QED) is 0.652. The van der Waals surface area contributed by atoms with Gasteiger partial charge in [-0.1, -0.05) is 13.3 Å². The predicted octanol–water partition coefficient (Wildman–Crippen LogP) is 0.413. The van der Waals surface area contributed by atoms with Gasteiger partial charge in [0, 0.05) is 19.6 Å². The van der Waals surface area contributed by atoms with Crippen molar-refractivity contribution in [1.29, 1.82) is 0 Å². The normalized spacial score (nSPS) is 16.2. The molecule has 1 N–H and O–H groups in total. The number of carbonyl (C=O) groups is 1. The molecule has 0 aromatic rings. The van der Waals surface area contributed by atoms with Crippen LogP contribution in [0.4, 0.5) is 0 Å². The highest BCUT2D eigenvalue weighted by molar-refractivity contribution is 7.92. The molecule has 0 spiro atoms. The molecule has 0 aromatic heterocycles. The molecule has 1 fully saturated rings. The van der Waals surface area contributed by atoms with Crippen LogP contribution in [0.5, 0.6) is 0 Å². The number of sulfone groups is 1. The molecule has 0 aliphatic carbocycles. The van der Waals surface area contributed by atoms with E-state index < -0.39 is 9.84 Å². The summed E-state index contributed by atoms with van der Waals surface area (Å²) in [5.41, 5.74) is 0. The summed E-state index contributed by atoms with van der Waals surface area (Å²) >= 11 is 0. The van der Waals surface area contributed by atoms with Crippen molar-refractivity contribution in [1.82, 2.24) is 10.2 Å². The Labute approximate surface area is 110 Å². The summed E-state index contributed by atoms with van der Waals surface area (Å²) in [4.78, 5) is 13.4. The number of hydrogen-bond donors (Lipinski definition) is 1. The van der Waals surface area contributed by atoms with Gasteiger partial charge in [0.15, 0.2) is 9.84 Å². The monoisotopic (exact) mass is 276 g/mol. The summed E-state index contributed by atoms with van der Waals surface area (Å²) in [5.74, 6) is -0.514. The van der Waals surface area contributed by atoms with Gasteiger partial charge in [-0.2, -0.15) is 0 Å². The van der Waals surface area contributed by atoms with E-state index >= 15 is 0 Å². The Morgan fingerprint density at radius 3 is 2.50 bits per heavy atom. The Morgan fingerprint density at radius 2 is 1.89 bits per heavy atom. The summed E-state index contributed by atoms with van der Waals surface area (Å²) in [6.45, 7) is 4.79. The van der Waals surface area contributed by atoms with E-state index in [0.717, 1.165) is 32.2 Å². The lowest BCUT2D eigenvalue weighted by atomic mass is 10.3. The van der Waals surface area contributed by atoms with Crippen LogP contribution in [0.2, 0.25) is 0 Å². The molecule has 5 nitrogen and oxygen atoms in total. The maximum absolute atomic E-state index is 11.7. The summed E-state index contributed by atoms with van der Waals surface area (Å²) in [7, 11) is -3.26. The Morgan fingerprint density at radius 1 is 1.22 bits per heavy atom. The van der Waals surface area contributed by atoms with Gasteiger partial charge >= 0.3 is 0 Å². The van der Waals surface area contributed by atoms with E-state index in [1.165, 1.54) is 0 Å². The smallest absolute Gasteiger partial charge is 0.237 e. The fraction of sp³-hybridized carbons (Fsp3) is 0.917. The summed E-state index contributed by atoms with van der Waals surface area (Å²) in [6.07, 6.45) is 4.12. The Balaban J connectivity index is 2.23. The Kier molecular flexibility index (Phi) is 6.63. The molecular weight excluding hydrogens is 252 g/mol. The number of nitrogens with one attached hydrogen (secondary N) is 1. The van der Waals surface area contributed by atoms with Gasteiger partial charge in [-0.3, -0.25) is 4.79 Å². The molecule has 6 heteroatoms. The lowest BCUT2D eigenvalue weighted by molar-refractivity contribution is -0.127. The second kappa shape index (κ2) is 7.74. The largest absolute Gasteiger partial charge is 0.342 e. The van der Waals surface area contributed by atoms with E-state index in [1.54, 1.807) is 4.90 Å². The number of nitrogens with zero attached hydrogens (tertiary/aromatic N) is 1. The van der Waals surface area contributed by atoms with E-state index in [4.69, 9.17) is 0 Å². The fourth-order valence-corrected chi connectivity index (χ4v) is 3.13. The van der Waals surface area contributed by atoms with Crippen LogP contribution in [-0.4, -0.2) is 56.9 Å². The van der Waals surface area contributed by atoms with Gasteiger partial charge in [-0.05, 0) is 25.8 Å². The third kappa shape index (κ3) is 5.82. The Bertz CT molecular complexity index is 348. The summed E-state index contributed by atoms with van der Waals surface area (Å²) < 4.78 is 23.5. The molecule has 1 aliphatic rings. The SMILES string of the molecule is CCCCNCCS(=O)(=O)CC(=O)N1CCCC1. The molecular formula is C12H24N2O3S. The molecule has 1 rings (SSSR count). The predicted molar refractivity (Wildman–Crippen MR) is 72.2 cm³/mol. The summed E-state index contributed by atoms with van der Waals surface area (Å²) in [5, 5.41) is 3.08. The zero-order valence-corrected chi connectivity index (χ0v) is 12.0. The first-order valence-electron chi connectivity index (χ1n) is 6.74. The maximum atomic E-state index is 11.7. The molecule has 0 aromatic carbocycles. The highest BCUT2D eigenvalue weighted by Gasteiger charge is 2.23. The minimum absolute atomic E-state index is 0.0519. The number of hydrogen-bond acceptors (Lipinski definition) is 4. The molecule has 1 saturated heterocycles. The van der Waals surface area contributed by atoms with Crippen molar-refractivity contribution in [2.75, 3.05) is 37.7 Å². The van der Waals surface area contributed by atoms with Gasteiger partial charge in [0.2, 0.25) is 5.91 Å². The zero-order chi connectivity index (χ0) is 13.4. The van der Waals surface area contributed by atoms with Crippen molar-refractivity contribution in [3.8, 4) is 0 Å². The third-order valence-electron chi connectivity index (χ3n) is 3.10. The van der Waals surface area contributed by atoms with E-state index in [0.29, 0.717) is 19.6 Å². The molecule has 0 bridgehead atoms. The number of unbranched alkanes of at least 4 members (excludes halogenated alkanes) is 1. The standard InChI is InChI=1S/C12H24N2O3S/c1-2-3-6-13-7-10-18(16,17)11-12(15)14-8-4-5-9-14/h13H,2-11H2,1H3. The molecule has 0 unspecified atom stereocenters. The molecule has 1 heterocycles. The van der Waals surface area contributed by atoms with Crippen LogP contribution in [0.1, 0.15) is 32.6 Å². The molecule has 106 valence electrons. The molecule has 0 saturated carbocycles. The van der Waals surface area contributed by atoms with Crippen LogP contribution in [0.3, 0.4) is 0 Å². The number of rotatable bonds is 8. The first-order valence-corrected chi connectivity index (χ1v) is 8.56. The van der Waals surface area contributed by atoms with Gasteiger partial charge in [0.1, 0.15) is 5.75 Å². The zero-order valence-electron chi connectivity index (χ0n) is 11.2. The van der Waals surface area contributed by atoms with E-state index in [1.807, 2.05) is 0 Å². The second-order valence-electron chi connectivity index (χ2n) is 4.78. The number of carbonyl (C=O) groups excluding carboxylic acids is 1. The van der Waals surface area contributed by atoms with Crippen molar-refractivity contribution in [3.05, 3.63) is 0 Å². The fourth-order valence-electron chi connectivity index (χ4n) is 1.97. The van der Waals surface area contributed by atoms with Crippen LogP contribution in [0.25, 0.3) is 0 Å². The van der Waals surface area contributed by atoms with Gasteiger partial charge in [-0.25, -0.2) is 8.42 Å². The van der Waals surface area contributed by atoms with Crippen LogP contribution >= 0.6 is 0 Å². The summed E-state index contributed by atoms with van der Waals surface area (Å²) in [6, 6.07) is 0. The van der Waals surface area contributed by atoms with Gasteiger partial charge in [0.25, 0.3) is 0 Å². The number of amides is 1. The maximum Gasteiger partial charge on any atom is 0.237 e. The molecule has 0 radical (unpaired) electrons. The second-order valence-corrected chi connectivity index (χ2v) is 6.97. The topological polar surface area (TPSA) is 66.5 Å². The minimum atomic E-state index is -3.26. The highest BCUT2D eigenvalue weighted by Crippen LogP contribution is 2.08. The molecule has 1 amide bonds. The first-order chi connectivity index (χ1) is 8.55. The third-order valence-corrected chi connectivity index (χ3v) is 4.61. The van der Waals surface area contributed by atoms with Crippen LogP contribution in [-0.2, 0) is 14.6 Å². The van der Waals surface area contributed by atoms with Crippen molar-refractivity contribution in [3.63, 3.8) is 0 Å². The van der Waals surface area contributed by atoms with Gasteiger partial charge < -0.3 is 10.2 Å². The average molecular weight is 276 g/mol.